The van der Waals surface area contributed by atoms with E-state index in [-0.39, 0.29) is 17.1 Å². The van der Waals surface area contributed by atoms with Crippen molar-refractivity contribution in [1.82, 2.24) is 5.32 Å². The first kappa shape index (κ1) is 13.5. The number of sulfone groups is 1. The summed E-state index contributed by atoms with van der Waals surface area (Å²) >= 11 is 3.10. The van der Waals surface area contributed by atoms with Crippen LogP contribution in [0.2, 0.25) is 0 Å². The van der Waals surface area contributed by atoms with Crippen molar-refractivity contribution in [1.29, 1.82) is 0 Å². The van der Waals surface area contributed by atoms with Gasteiger partial charge in [-0.25, -0.2) is 12.8 Å². The van der Waals surface area contributed by atoms with Gasteiger partial charge in [0.2, 0.25) is 0 Å². The minimum absolute atomic E-state index is 0.0702. The van der Waals surface area contributed by atoms with Gasteiger partial charge in [-0.15, -0.1) is 0 Å². The highest BCUT2D eigenvalue weighted by Crippen LogP contribution is 2.17. The molecule has 1 fully saturated rings. The Morgan fingerprint density at radius 1 is 1.44 bits per heavy atom. The molecule has 0 aromatic heterocycles. The average molecular weight is 336 g/mol. The molecule has 1 unspecified atom stereocenters. The van der Waals surface area contributed by atoms with Gasteiger partial charge in [0.1, 0.15) is 5.82 Å². The summed E-state index contributed by atoms with van der Waals surface area (Å²) in [5, 5.41) is 2.54. The molecule has 18 heavy (non-hydrogen) atoms. The van der Waals surface area contributed by atoms with Crippen molar-refractivity contribution >= 4 is 31.7 Å². The normalized spacial score (nSPS) is 21.8. The van der Waals surface area contributed by atoms with Crippen LogP contribution in [0.25, 0.3) is 0 Å². The van der Waals surface area contributed by atoms with Crippen LogP contribution in [-0.4, -0.2) is 31.9 Å². The minimum atomic E-state index is -3.06. The number of hydrogen-bond donors (Lipinski definition) is 1. The second-order valence-electron chi connectivity index (χ2n) is 4.20. The summed E-state index contributed by atoms with van der Waals surface area (Å²) in [6, 6.07) is 3.69. The lowest BCUT2D eigenvalue weighted by Gasteiger charge is -2.11. The maximum atomic E-state index is 13.5. The first-order valence-electron chi connectivity index (χ1n) is 5.34. The first-order valence-corrected chi connectivity index (χ1v) is 7.95. The molecule has 1 aromatic rings. The molecule has 4 nitrogen and oxygen atoms in total. The first-order chi connectivity index (χ1) is 8.37. The third-order valence-corrected chi connectivity index (χ3v) is 5.00. The Morgan fingerprint density at radius 2 is 2.17 bits per heavy atom. The Hall–Kier alpha value is -0.950. The lowest BCUT2D eigenvalue weighted by atomic mass is 10.1. The van der Waals surface area contributed by atoms with Crippen LogP contribution >= 0.6 is 15.9 Å². The standard InChI is InChI=1S/C11H11BrFNO3S/c12-7-1-2-9(10(13)5-7)11(15)14-8-3-4-18(16,17)6-8/h1-2,5,8H,3-4,6H2,(H,14,15). The number of amides is 1. The Morgan fingerprint density at radius 3 is 2.72 bits per heavy atom. The Kier molecular flexibility index (Phi) is 3.72. The quantitative estimate of drug-likeness (QED) is 0.890. The SMILES string of the molecule is O=C(NC1CCS(=O)(=O)C1)c1ccc(Br)cc1F. The van der Waals surface area contributed by atoms with Gasteiger partial charge in [-0.05, 0) is 24.6 Å². The van der Waals surface area contributed by atoms with Crippen molar-refractivity contribution < 1.29 is 17.6 Å². The van der Waals surface area contributed by atoms with E-state index in [4.69, 9.17) is 0 Å². The van der Waals surface area contributed by atoms with E-state index in [1.807, 2.05) is 0 Å². The highest BCUT2D eigenvalue weighted by molar-refractivity contribution is 9.10. The summed E-state index contributed by atoms with van der Waals surface area (Å²) in [5.74, 6) is -1.22. The molecule has 1 aromatic carbocycles. The molecular formula is C11H11BrFNO3S. The topological polar surface area (TPSA) is 63.2 Å². The zero-order chi connectivity index (χ0) is 13.3. The zero-order valence-corrected chi connectivity index (χ0v) is 11.7. The van der Waals surface area contributed by atoms with Crippen LogP contribution in [0.1, 0.15) is 16.8 Å². The number of carbonyl (C=O) groups is 1. The van der Waals surface area contributed by atoms with Crippen LogP contribution in [0.4, 0.5) is 4.39 Å². The molecule has 1 heterocycles. The Bertz CT molecular complexity index is 588. The molecule has 0 spiro atoms. The number of carbonyl (C=O) groups excluding carboxylic acids is 1. The molecule has 1 saturated heterocycles. The number of halogens is 2. The molecule has 2 rings (SSSR count). The summed E-state index contributed by atoms with van der Waals surface area (Å²) in [7, 11) is -3.06. The van der Waals surface area contributed by atoms with Gasteiger partial charge in [0.15, 0.2) is 9.84 Å². The van der Waals surface area contributed by atoms with E-state index in [0.717, 1.165) is 0 Å². The van der Waals surface area contributed by atoms with Crippen molar-refractivity contribution in [3.05, 3.63) is 34.1 Å². The molecule has 1 aliphatic rings. The van der Waals surface area contributed by atoms with Gasteiger partial charge in [0.05, 0.1) is 17.1 Å². The van der Waals surface area contributed by atoms with E-state index < -0.39 is 27.6 Å². The lowest BCUT2D eigenvalue weighted by molar-refractivity contribution is 0.0937. The number of benzene rings is 1. The second-order valence-corrected chi connectivity index (χ2v) is 7.34. The van der Waals surface area contributed by atoms with Crippen LogP contribution in [0.5, 0.6) is 0 Å². The maximum absolute atomic E-state index is 13.5. The molecule has 0 radical (unpaired) electrons. The van der Waals surface area contributed by atoms with Crippen molar-refractivity contribution in [3.8, 4) is 0 Å². The van der Waals surface area contributed by atoms with E-state index >= 15 is 0 Å². The molecule has 0 aliphatic carbocycles. The van der Waals surface area contributed by atoms with E-state index in [9.17, 15) is 17.6 Å². The van der Waals surface area contributed by atoms with Gasteiger partial charge in [0, 0.05) is 10.5 Å². The van der Waals surface area contributed by atoms with Crippen LogP contribution in [0.3, 0.4) is 0 Å². The van der Waals surface area contributed by atoms with Gasteiger partial charge in [-0.1, -0.05) is 15.9 Å². The lowest BCUT2D eigenvalue weighted by Crippen LogP contribution is -2.36. The van der Waals surface area contributed by atoms with Crippen LogP contribution in [0.15, 0.2) is 22.7 Å². The fraction of sp³-hybridized carbons (Fsp3) is 0.364. The van der Waals surface area contributed by atoms with E-state index in [0.29, 0.717) is 10.9 Å². The molecule has 1 atom stereocenters. The molecule has 98 valence electrons. The summed E-state index contributed by atoms with van der Waals surface area (Å²) in [4.78, 5) is 11.8. The smallest absolute Gasteiger partial charge is 0.254 e. The van der Waals surface area contributed by atoms with Crippen molar-refractivity contribution in [2.24, 2.45) is 0 Å². The molecular weight excluding hydrogens is 325 g/mol. The van der Waals surface area contributed by atoms with E-state index in [1.165, 1.54) is 12.1 Å². The summed E-state index contributed by atoms with van der Waals surface area (Å²) in [5.41, 5.74) is -0.0810. The highest BCUT2D eigenvalue weighted by Gasteiger charge is 2.29. The fourth-order valence-electron chi connectivity index (χ4n) is 1.85. The van der Waals surface area contributed by atoms with E-state index in [2.05, 4.69) is 21.2 Å². The summed E-state index contributed by atoms with van der Waals surface area (Å²) in [6.45, 7) is 0. The highest BCUT2D eigenvalue weighted by atomic mass is 79.9. The predicted molar refractivity (Wildman–Crippen MR) is 68.6 cm³/mol. The summed E-state index contributed by atoms with van der Waals surface area (Å²) in [6.07, 6.45) is 0.381. The van der Waals surface area contributed by atoms with E-state index in [1.54, 1.807) is 6.07 Å². The van der Waals surface area contributed by atoms with Crippen LogP contribution in [0, 0.1) is 5.82 Å². The average Bonchev–Trinajstić information content (AvgIpc) is 2.57. The summed E-state index contributed by atoms with van der Waals surface area (Å²) < 4.78 is 36.5. The third-order valence-electron chi connectivity index (χ3n) is 2.74. The molecule has 0 bridgehead atoms. The van der Waals surface area contributed by atoms with Crippen LogP contribution < -0.4 is 5.32 Å². The molecule has 1 N–H and O–H groups in total. The largest absolute Gasteiger partial charge is 0.348 e. The van der Waals surface area contributed by atoms with Crippen LogP contribution in [-0.2, 0) is 9.84 Å². The molecule has 0 saturated carbocycles. The number of nitrogens with one attached hydrogen (secondary N) is 1. The monoisotopic (exact) mass is 335 g/mol. The predicted octanol–water partition coefficient (Wildman–Crippen LogP) is 1.51. The maximum Gasteiger partial charge on any atom is 0.254 e. The van der Waals surface area contributed by atoms with Crippen molar-refractivity contribution in [2.45, 2.75) is 12.5 Å². The van der Waals surface area contributed by atoms with Gasteiger partial charge < -0.3 is 5.32 Å². The number of hydrogen-bond acceptors (Lipinski definition) is 3. The van der Waals surface area contributed by atoms with Crippen molar-refractivity contribution in [3.63, 3.8) is 0 Å². The molecule has 7 heteroatoms. The van der Waals surface area contributed by atoms with Gasteiger partial charge >= 0.3 is 0 Å². The van der Waals surface area contributed by atoms with Crippen molar-refractivity contribution in [2.75, 3.05) is 11.5 Å². The minimum Gasteiger partial charge on any atom is -0.348 e. The molecule has 1 amide bonds. The van der Waals surface area contributed by atoms with Gasteiger partial charge in [-0.3, -0.25) is 4.79 Å². The third kappa shape index (κ3) is 3.08. The second kappa shape index (κ2) is 4.97. The Labute approximate surface area is 113 Å². The fourth-order valence-corrected chi connectivity index (χ4v) is 3.85. The van der Waals surface area contributed by atoms with Gasteiger partial charge in [-0.2, -0.15) is 0 Å². The molecule has 1 aliphatic heterocycles. The zero-order valence-electron chi connectivity index (χ0n) is 9.32. The Balaban J connectivity index is 2.09. The number of rotatable bonds is 2. The van der Waals surface area contributed by atoms with Gasteiger partial charge in [0.25, 0.3) is 5.91 Å².